The number of allylic oxidation sites excluding steroid dienone is 1. The summed E-state index contributed by atoms with van der Waals surface area (Å²) in [5.74, 6) is -0.509. The standard InChI is InChI=1S/C30H29F6N5O5/c1-5-22-12-24(26-23(7-8-25(39-26)44-4)41(22)28(43)45-6-2)40(27-37-13-19(14-38-27)16-46-17(3)42)15-18-9-20(29(31,32)33)11-21(10-18)30(34,35)36/h5,7-11,13-14,24H,6,12,15-16H2,1-4H3/b22-5+. The minimum atomic E-state index is -5.07. The van der Waals surface area contributed by atoms with Gasteiger partial charge >= 0.3 is 24.4 Å². The molecule has 246 valence electrons. The van der Waals surface area contributed by atoms with Crippen molar-refractivity contribution >= 4 is 23.7 Å². The Bertz CT molecular complexity index is 1580. The van der Waals surface area contributed by atoms with Gasteiger partial charge < -0.3 is 19.1 Å². The van der Waals surface area contributed by atoms with Crippen molar-refractivity contribution in [2.45, 2.75) is 58.7 Å². The number of esters is 1. The van der Waals surface area contributed by atoms with Gasteiger partial charge in [-0.05, 0) is 43.7 Å². The van der Waals surface area contributed by atoms with Crippen LogP contribution in [0.5, 0.6) is 5.88 Å². The number of carbonyl (C=O) groups is 2. The van der Waals surface area contributed by atoms with E-state index in [4.69, 9.17) is 14.2 Å². The topological polar surface area (TPSA) is 107 Å². The van der Waals surface area contributed by atoms with Crippen molar-refractivity contribution in [3.63, 3.8) is 0 Å². The van der Waals surface area contributed by atoms with E-state index < -0.39 is 48.1 Å². The Labute approximate surface area is 259 Å². The Balaban J connectivity index is 1.91. The average Bonchev–Trinajstić information content (AvgIpc) is 3.01. The third kappa shape index (κ3) is 7.66. The molecule has 0 spiro atoms. The predicted octanol–water partition coefficient (Wildman–Crippen LogP) is 7.00. The molecule has 0 N–H and O–H groups in total. The highest BCUT2D eigenvalue weighted by Gasteiger charge is 2.40. The quantitative estimate of drug-likeness (QED) is 0.188. The summed E-state index contributed by atoms with van der Waals surface area (Å²) in [4.78, 5) is 40.1. The van der Waals surface area contributed by atoms with Crippen LogP contribution in [0.15, 0.2) is 54.5 Å². The molecule has 0 bridgehead atoms. The Morgan fingerprint density at radius 3 is 2.15 bits per heavy atom. The lowest BCUT2D eigenvalue weighted by molar-refractivity contribution is -0.144. The van der Waals surface area contributed by atoms with Crippen molar-refractivity contribution in [3.05, 3.63) is 82.4 Å². The summed E-state index contributed by atoms with van der Waals surface area (Å²) in [6, 6.07) is 3.41. The van der Waals surface area contributed by atoms with Crippen LogP contribution in [0.4, 0.5) is 42.8 Å². The van der Waals surface area contributed by atoms with E-state index in [1.54, 1.807) is 26.0 Å². The Morgan fingerprint density at radius 2 is 1.63 bits per heavy atom. The minimum Gasteiger partial charge on any atom is -0.481 e. The van der Waals surface area contributed by atoms with Gasteiger partial charge in [0.2, 0.25) is 11.8 Å². The third-order valence-electron chi connectivity index (χ3n) is 6.88. The molecule has 46 heavy (non-hydrogen) atoms. The Hall–Kier alpha value is -4.89. The van der Waals surface area contributed by atoms with E-state index in [0.717, 1.165) is 0 Å². The molecule has 0 fully saturated rings. The second kappa shape index (κ2) is 13.6. The second-order valence-corrected chi connectivity index (χ2v) is 10.0. The van der Waals surface area contributed by atoms with Crippen LogP contribution in [-0.2, 0) is 39.8 Å². The summed E-state index contributed by atoms with van der Waals surface area (Å²) >= 11 is 0. The number of aromatic nitrogens is 3. The first kappa shape index (κ1) is 34.0. The zero-order chi connectivity index (χ0) is 33.8. The van der Waals surface area contributed by atoms with Crippen LogP contribution in [0.1, 0.15) is 61.2 Å². The van der Waals surface area contributed by atoms with Crippen LogP contribution in [-0.4, -0.2) is 40.7 Å². The van der Waals surface area contributed by atoms with Gasteiger partial charge in [-0.1, -0.05) is 6.08 Å². The van der Waals surface area contributed by atoms with Crippen molar-refractivity contribution in [2.24, 2.45) is 0 Å². The number of ether oxygens (including phenoxy) is 3. The molecular weight excluding hydrogens is 624 g/mol. The fourth-order valence-electron chi connectivity index (χ4n) is 4.83. The van der Waals surface area contributed by atoms with Gasteiger partial charge in [0, 0.05) is 49.6 Å². The molecule has 1 aliphatic heterocycles. The zero-order valence-corrected chi connectivity index (χ0v) is 25.1. The van der Waals surface area contributed by atoms with E-state index in [1.807, 2.05) is 0 Å². The van der Waals surface area contributed by atoms with Gasteiger partial charge in [-0.3, -0.25) is 4.79 Å². The van der Waals surface area contributed by atoms with E-state index in [1.165, 1.54) is 42.3 Å². The van der Waals surface area contributed by atoms with Gasteiger partial charge in [-0.25, -0.2) is 24.6 Å². The molecule has 0 saturated heterocycles. The third-order valence-corrected chi connectivity index (χ3v) is 6.88. The number of fused-ring (bicyclic) bond motifs is 1. The Morgan fingerprint density at radius 1 is 1.00 bits per heavy atom. The van der Waals surface area contributed by atoms with Crippen molar-refractivity contribution < 1.29 is 50.1 Å². The highest BCUT2D eigenvalue weighted by Crippen LogP contribution is 2.44. The Kier molecular flexibility index (Phi) is 10.1. The fourth-order valence-corrected chi connectivity index (χ4v) is 4.83. The highest BCUT2D eigenvalue weighted by molar-refractivity contribution is 5.93. The molecule has 0 aliphatic carbocycles. The van der Waals surface area contributed by atoms with Gasteiger partial charge in [0.05, 0.1) is 42.3 Å². The van der Waals surface area contributed by atoms with E-state index in [0.29, 0.717) is 23.4 Å². The van der Waals surface area contributed by atoms with E-state index >= 15 is 0 Å². The number of rotatable bonds is 8. The van der Waals surface area contributed by atoms with Crippen LogP contribution in [0.25, 0.3) is 0 Å². The number of amides is 1. The number of methoxy groups -OCH3 is 1. The molecule has 3 aromatic rings. The summed E-state index contributed by atoms with van der Waals surface area (Å²) in [6.45, 7) is 3.86. The maximum Gasteiger partial charge on any atom is 0.418 e. The van der Waals surface area contributed by atoms with Crippen molar-refractivity contribution in [1.29, 1.82) is 0 Å². The molecule has 1 atom stereocenters. The lowest BCUT2D eigenvalue weighted by atomic mass is 9.96. The lowest BCUT2D eigenvalue weighted by Crippen LogP contribution is -2.41. The smallest absolute Gasteiger partial charge is 0.418 e. The second-order valence-electron chi connectivity index (χ2n) is 10.0. The molecule has 1 unspecified atom stereocenters. The number of halogens is 6. The summed E-state index contributed by atoms with van der Waals surface area (Å²) in [7, 11) is 1.36. The van der Waals surface area contributed by atoms with Gasteiger partial charge in [-0.2, -0.15) is 26.3 Å². The molecule has 1 aromatic carbocycles. The largest absolute Gasteiger partial charge is 0.481 e. The molecule has 3 heterocycles. The number of carbonyl (C=O) groups excluding carboxylic acids is 2. The molecule has 10 nitrogen and oxygen atoms in total. The van der Waals surface area contributed by atoms with Crippen LogP contribution in [0.2, 0.25) is 0 Å². The molecule has 1 aliphatic rings. The van der Waals surface area contributed by atoms with Crippen LogP contribution >= 0.6 is 0 Å². The number of hydrogen-bond donors (Lipinski definition) is 0. The number of anilines is 2. The normalized spacial score (nSPS) is 15.7. The molecule has 0 saturated carbocycles. The van der Waals surface area contributed by atoms with Gasteiger partial charge in [-0.15, -0.1) is 0 Å². The fraction of sp³-hybridized carbons (Fsp3) is 0.367. The molecule has 4 rings (SSSR count). The van der Waals surface area contributed by atoms with Gasteiger partial charge in [0.1, 0.15) is 6.61 Å². The first-order chi connectivity index (χ1) is 21.7. The average molecular weight is 654 g/mol. The summed E-state index contributed by atoms with van der Waals surface area (Å²) in [5.41, 5.74) is -2.06. The van der Waals surface area contributed by atoms with E-state index in [9.17, 15) is 35.9 Å². The monoisotopic (exact) mass is 653 g/mol. The van der Waals surface area contributed by atoms with E-state index in [2.05, 4.69) is 15.0 Å². The number of pyridine rings is 1. The summed E-state index contributed by atoms with van der Waals surface area (Å²) in [6.07, 6.45) is -6.60. The molecule has 2 aromatic heterocycles. The lowest BCUT2D eigenvalue weighted by Gasteiger charge is -2.40. The van der Waals surface area contributed by atoms with Crippen LogP contribution < -0.4 is 14.5 Å². The van der Waals surface area contributed by atoms with Crippen molar-refractivity contribution in [1.82, 2.24) is 15.0 Å². The van der Waals surface area contributed by atoms with E-state index in [-0.39, 0.29) is 54.5 Å². The number of nitrogens with zero attached hydrogens (tertiary/aromatic N) is 5. The minimum absolute atomic E-state index is 0.00781. The molecule has 1 amide bonds. The highest BCUT2D eigenvalue weighted by atomic mass is 19.4. The maximum absolute atomic E-state index is 13.8. The predicted molar refractivity (Wildman–Crippen MR) is 152 cm³/mol. The zero-order valence-electron chi connectivity index (χ0n) is 25.1. The number of benzene rings is 1. The summed E-state index contributed by atoms with van der Waals surface area (Å²) < 4.78 is 98.1. The molecular formula is C30H29F6N5O5. The van der Waals surface area contributed by atoms with Crippen LogP contribution in [0.3, 0.4) is 0 Å². The van der Waals surface area contributed by atoms with Gasteiger partial charge in [0.15, 0.2) is 0 Å². The molecule has 0 radical (unpaired) electrons. The number of hydrogen-bond acceptors (Lipinski definition) is 9. The van der Waals surface area contributed by atoms with Crippen molar-refractivity contribution in [3.8, 4) is 5.88 Å². The SMILES string of the molecule is C/C=C1\CC(N(Cc2cc(C(F)(F)F)cc(C(F)(F)F)c2)c2ncc(COC(C)=O)cn2)c2nc(OC)ccc2N1C(=O)OCC. The molecule has 16 heteroatoms. The first-order valence-electron chi connectivity index (χ1n) is 13.8. The number of alkyl halides is 6. The van der Waals surface area contributed by atoms with Crippen LogP contribution in [0, 0.1) is 0 Å². The van der Waals surface area contributed by atoms with Crippen molar-refractivity contribution in [2.75, 3.05) is 23.5 Å². The maximum atomic E-state index is 13.8. The van der Waals surface area contributed by atoms with Gasteiger partial charge in [0.25, 0.3) is 0 Å². The summed E-state index contributed by atoms with van der Waals surface area (Å²) in [5, 5.41) is 0. The first-order valence-corrected chi connectivity index (χ1v) is 13.8.